The van der Waals surface area contributed by atoms with Gasteiger partial charge in [0, 0.05) is 17.3 Å². The summed E-state index contributed by atoms with van der Waals surface area (Å²) in [5.74, 6) is 1.11. The van der Waals surface area contributed by atoms with E-state index >= 15 is 0 Å². The Kier molecular flexibility index (Phi) is 4.09. The molecule has 0 aliphatic heterocycles. The molecular weight excluding hydrogens is 364 g/mol. The Bertz CT molecular complexity index is 1230. The fraction of sp³-hybridized carbons (Fsp3) is 0.0556. The lowest BCUT2D eigenvalue weighted by Crippen LogP contribution is -2.11. The fourth-order valence-corrected chi connectivity index (χ4v) is 3.24. The van der Waals surface area contributed by atoms with E-state index in [1.54, 1.807) is 16.6 Å². The van der Waals surface area contributed by atoms with Gasteiger partial charge in [-0.1, -0.05) is 23.8 Å². The Hall–Kier alpha value is -3.30. The summed E-state index contributed by atoms with van der Waals surface area (Å²) in [5.41, 5.74) is 3.53. The van der Waals surface area contributed by atoms with Crippen LogP contribution in [0.3, 0.4) is 0 Å². The Labute approximate surface area is 155 Å². The highest BCUT2D eigenvalue weighted by Gasteiger charge is 2.11. The van der Waals surface area contributed by atoms with Crippen molar-refractivity contribution in [1.82, 2.24) is 19.6 Å². The molecule has 0 atom stereocenters. The first kappa shape index (κ1) is 17.1. The number of nitrogens with one attached hydrogen (secondary N) is 1. The summed E-state index contributed by atoms with van der Waals surface area (Å²) in [6, 6.07) is 16.0. The topological polar surface area (TPSA) is 115 Å². The van der Waals surface area contributed by atoms with Crippen LogP contribution >= 0.6 is 0 Å². The maximum absolute atomic E-state index is 11.4. The molecule has 3 N–H and O–H groups in total. The van der Waals surface area contributed by atoms with Gasteiger partial charge < -0.3 is 5.32 Å². The van der Waals surface area contributed by atoms with Crippen LogP contribution in [0.1, 0.15) is 5.56 Å². The number of hydrogen-bond donors (Lipinski definition) is 2. The second-order valence-corrected chi connectivity index (χ2v) is 7.62. The maximum atomic E-state index is 11.4. The van der Waals surface area contributed by atoms with Crippen LogP contribution in [0.4, 0.5) is 11.5 Å². The summed E-state index contributed by atoms with van der Waals surface area (Å²) in [6.45, 7) is 2.02. The molecule has 2 aromatic carbocycles. The average molecular weight is 380 g/mol. The highest BCUT2D eigenvalue weighted by molar-refractivity contribution is 7.89. The molecule has 0 spiro atoms. The van der Waals surface area contributed by atoms with Crippen LogP contribution in [0.15, 0.2) is 65.8 Å². The molecule has 0 aliphatic rings. The number of aromatic nitrogens is 4. The van der Waals surface area contributed by atoms with Crippen molar-refractivity contribution in [3.63, 3.8) is 0 Å². The molecule has 136 valence electrons. The number of aryl methyl sites for hydroxylation is 1. The van der Waals surface area contributed by atoms with E-state index in [4.69, 9.17) is 5.14 Å². The molecule has 27 heavy (non-hydrogen) atoms. The summed E-state index contributed by atoms with van der Waals surface area (Å²) in [4.78, 5) is 8.78. The van der Waals surface area contributed by atoms with E-state index in [1.807, 2.05) is 37.3 Å². The standard InChI is InChI=1S/C18H16N6O2S/c1-12-3-2-4-13(9-12)16-10-17(24-18(23-16)20-11-21-24)22-14-5-7-15(8-6-14)27(19,25)26/h2-11,22H,1H3,(H2,19,25,26). The third-order valence-electron chi connectivity index (χ3n) is 4.02. The van der Waals surface area contributed by atoms with Gasteiger partial charge in [0.1, 0.15) is 12.1 Å². The normalized spacial score (nSPS) is 11.6. The molecule has 0 amide bonds. The lowest BCUT2D eigenvalue weighted by Gasteiger charge is -2.11. The molecule has 2 aromatic heterocycles. The van der Waals surface area contributed by atoms with Crippen molar-refractivity contribution in [2.75, 3.05) is 5.32 Å². The van der Waals surface area contributed by atoms with E-state index in [2.05, 4.69) is 20.4 Å². The minimum atomic E-state index is -3.73. The van der Waals surface area contributed by atoms with E-state index in [9.17, 15) is 8.42 Å². The number of sulfonamides is 1. The zero-order valence-electron chi connectivity index (χ0n) is 14.4. The second-order valence-electron chi connectivity index (χ2n) is 6.06. The van der Waals surface area contributed by atoms with Crippen molar-refractivity contribution >= 4 is 27.3 Å². The van der Waals surface area contributed by atoms with E-state index in [1.165, 1.54) is 18.5 Å². The molecule has 0 radical (unpaired) electrons. The molecule has 0 fully saturated rings. The Balaban J connectivity index is 1.76. The zero-order valence-corrected chi connectivity index (χ0v) is 15.2. The lowest BCUT2D eigenvalue weighted by molar-refractivity contribution is 0.598. The largest absolute Gasteiger partial charge is 0.340 e. The van der Waals surface area contributed by atoms with E-state index < -0.39 is 10.0 Å². The SMILES string of the molecule is Cc1cccc(-c2cc(Nc3ccc(S(N)(=O)=O)cc3)n3ncnc3n2)c1. The molecule has 0 aliphatic carbocycles. The number of fused-ring (bicyclic) bond motifs is 1. The van der Waals surface area contributed by atoms with Crippen LogP contribution in [0.5, 0.6) is 0 Å². The molecule has 8 nitrogen and oxygen atoms in total. The molecular formula is C18H16N6O2S. The van der Waals surface area contributed by atoms with E-state index in [0.717, 1.165) is 16.8 Å². The summed E-state index contributed by atoms with van der Waals surface area (Å²) in [5, 5.41) is 12.5. The van der Waals surface area contributed by atoms with Crippen LogP contribution in [-0.4, -0.2) is 28.0 Å². The van der Waals surface area contributed by atoms with Gasteiger partial charge in [-0.3, -0.25) is 0 Å². The zero-order chi connectivity index (χ0) is 19.0. The van der Waals surface area contributed by atoms with Crippen LogP contribution in [-0.2, 0) is 10.0 Å². The Morgan fingerprint density at radius 1 is 1.07 bits per heavy atom. The first-order valence-electron chi connectivity index (χ1n) is 8.08. The van der Waals surface area contributed by atoms with Crippen molar-refractivity contribution in [2.24, 2.45) is 5.14 Å². The molecule has 9 heteroatoms. The second kappa shape index (κ2) is 6.45. The number of primary sulfonamides is 1. The molecule has 4 aromatic rings. The third kappa shape index (κ3) is 3.50. The lowest BCUT2D eigenvalue weighted by atomic mass is 10.1. The van der Waals surface area contributed by atoms with Gasteiger partial charge in [-0.25, -0.2) is 18.5 Å². The smallest absolute Gasteiger partial charge is 0.254 e. The van der Waals surface area contributed by atoms with Gasteiger partial charge in [-0.2, -0.15) is 14.6 Å². The molecule has 0 unspecified atom stereocenters. The molecule has 4 rings (SSSR count). The average Bonchev–Trinajstić information content (AvgIpc) is 3.10. The fourth-order valence-electron chi connectivity index (χ4n) is 2.73. The van der Waals surface area contributed by atoms with Crippen LogP contribution < -0.4 is 10.5 Å². The van der Waals surface area contributed by atoms with Gasteiger partial charge in [-0.15, -0.1) is 0 Å². The Morgan fingerprint density at radius 3 is 2.56 bits per heavy atom. The number of rotatable bonds is 4. The van der Waals surface area contributed by atoms with Crippen LogP contribution in [0, 0.1) is 6.92 Å². The molecule has 2 heterocycles. The van der Waals surface area contributed by atoms with Crippen LogP contribution in [0.25, 0.3) is 17.0 Å². The Morgan fingerprint density at radius 2 is 1.85 bits per heavy atom. The number of hydrogen-bond acceptors (Lipinski definition) is 6. The molecule has 0 saturated carbocycles. The number of anilines is 2. The summed E-state index contributed by atoms with van der Waals surface area (Å²) in [6.07, 6.45) is 1.43. The predicted octanol–water partition coefficient (Wildman–Crippen LogP) is 2.49. The van der Waals surface area contributed by atoms with Crippen molar-refractivity contribution in [1.29, 1.82) is 0 Å². The van der Waals surface area contributed by atoms with Crippen molar-refractivity contribution in [2.45, 2.75) is 11.8 Å². The minimum absolute atomic E-state index is 0.0501. The quantitative estimate of drug-likeness (QED) is 0.562. The maximum Gasteiger partial charge on any atom is 0.254 e. The van der Waals surface area contributed by atoms with Crippen molar-refractivity contribution in [3.05, 3.63) is 66.5 Å². The first-order chi connectivity index (χ1) is 12.9. The summed E-state index contributed by atoms with van der Waals surface area (Å²) >= 11 is 0. The van der Waals surface area contributed by atoms with E-state index in [0.29, 0.717) is 17.3 Å². The van der Waals surface area contributed by atoms with Gasteiger partial charge in [0.2, 0.25) is 10.0 Å². The van der Waals surface area contributed by atoms with Gasteiger partial charge >= 0.3 is 0 Å². The highest BCUT2D eigenvalue weighted by atomic mass is 32.2. The third-order valence-corrected chi connectivity index (χ3v) is 4.95. The monoisotopic (exact) mass is 380 g/mol. The van der Waals surface area contributed by atoms with Crippen molar-refractivity contribution in [3.8, 4) is 11.3 Å². The number of nitrogens with zero attached hydrogens (tertiary/aromatic N) is 4. The number of nitrogens with two attached hydrogens (primary N) is 1. The van der Waals surface area contributed by atoms with E-state index in [-0.39, 0.29) is 4.90 Å². The van der Waals surface area contributed by atoms with Crippen LogP contribution in [0.2, 0.25) is 0 Å². The first-order valence-corrected chi connectivity index (χ1v) is 9.62. The summed E-state index contributed by atoms with van der Waals surface area (Å²) < 4.78 is 24.4. The number of benzene rings is 2. The highest BCUT2D eigenvalue weighted by Crippen LogP contribution is 2.25. The predicted molar refractivity (Wildman–Crippen MR) is 102 cm³/mol. The van der Waals surface area contributed by atoms with Gasteiger partial charge in [0.15, 0.2) is 0 Å². The molecule has 0 bridgehead atoms. The van der Waals surface area contributed by atoms with Crippen molar-refractivity contribution < 1.29 is 8.42 Å². The molecule has 0 saturated heterocycles. The minimum Gasteiger partial charge on any atom is -0.340 e. The van der Waals surface area contributed by atoms with Gasteiger partial charge in [0.25, 0.3) is 5.78 Å². The summed E-state index contributed by atoms with van der Waals surface area (Å²) in [7, 11) is -3.73. The van der Waals surface area contributed by atoms with Gasteiger partial charge in [-0.05, 0) is 37.3 Å². The van der Waals surface area contributed by atoms with Gasteiger partial charge in [0.05, 0.1) is 10.6 Å².